The number of nitrogens with one attached hydrogen (secondary N) is 1. The zero-order chi connectivity index (χ0) is 19.4. The second kappa shape index (κ2) is 8.42. The zero-order valence-electron chi connectivity index (χ0n) is 15.2. The Kier molecular flexibility index (Phi) is 6.19. The average Bonchev–Trinajstić information content (AvgIpc) is 2.66. The minimum atomic E-state index is -3.46. The van der Waals surface area contributed by atoms with Crippen molar-refractivity contribution in [1.82, 2.24) is 4.31 Å². The van der Waals surface area contributed by atoms with Gasteiger partial charge in [-0.2, -0.15) is 0 Å². The fourth-order valence-electron chi connectivity index (χ4n) is 3.26. The number of carbonyl (C=O) groups excluding carboxylic acids is 1. The normalized spacial score (nSPS) is 18.2. The summed E-state index contributed by atoms with van der Waals surface area (Å²) >= 11 is 6.10. The Morgan fingerprint density at radius 3 is 2.67 bits per heavy atom. The van der Waals surface area contributed by atoms with Gasteiger partial charge in [-0.3, -0.25) is 4.79 Å². The largest absolute Gasteiger partial charge is 0.326 e. The summed E-state index contributed by atoms with van der Waals surface area (Å²) in [5.74, 6) is -0.585. The Bertz CT molecular complexity index is 916. The summed E-state index contributed by atoms with van der Waals surface area (Å²) in [6.07, 6.45) is 1.34. The van der Waals surface area contributed by atoms with E-state index >= 15 is 0 Å². The summed E-state index contributed by atoms with van der Waals surface area (Å²) in [6.45, 7) is 2.51. The maximum Gasteiger partial charge on any atom is 0.228 e. The molecule has 0 unspecified atom stereocenters. The van der Waals surface area contributed by atoms with Crippen LogP contribution in [0.4, 0.5) is 5.69 Å². The Morgan fingerprint density at radius 2 is 1.93 bits per heavy atom. The molecule has 3 rings (SSSR count). The van der Waals surface area contributed by atoms with Crippen LogP contribution in [0.5, 0.6) is 0 Å². The SMILES string of the molecule is Cc1c(Cl)cccc1NC(=O)[C@H]1CCCN(S(=O)(=O)Cc2ccccc2)C1. The van der Waals surface area contributed by atoms with Crippen LogP contribution in [-0.2, 0) is 20.6 Å². The van der Waals surface area contributed by atoms with Crippen molar-refractivity contribution in [1.29, 1.82) is 0 Å². The molecule has 0 aromatic heterocycles. The summed E-state index contributed by atoms with van der Waals surface area (Å²) in [5, 5.41) is 3.48. The molecule has 2 aromatic carbocycles. The number of halogens is 1. The fourth-order valence-corrected chi connectivity index (χ4v) is 5.05. The second-order valence-electron chi connectivity index (χ2n) is 6.84. The van der Waals surface area contributed by atoms with Crippen molar-refractivity contribution in [2.24, 2.45) is 5.92 Å². The fraction of sp³-hybridized carbons (Fsp3) is 0.350. The highest BCUT2D eigenvalue weighted by atomic mass is 35.5. The van der Waals surface area contributed by atoms with Crippen molar-refractivity contribution in [2.45, 2.75) is 25.5 Å². The molecule has 1 atom stereocenters. The predicted octanol–water partition coefficient (Wildman–Crippen LogP) is 3.83. The Hall–Kier alpha value is -1.89. The highest BCUT2D eigenvalue weighted by Crippen LogP contribution is 2.26. The molecule has 1 aliphatic rings. The van der Waals surface area contributed by atoms with E-state index in [1.54, 1.807) is 30.3 Å². The van der Waals surface area contributed by atoms with E-state index in [4.69, 9.17) is 11.6 Å². The van der Waals surface area contributed by atoms with Crippen molar-refractivity contribution in [3.63, 3.8) is 0 Å². The van der Waals surface area contributed by atoms with Gasteiger partial charge in [0.2, 0.25) is 15.9 Å². The molecule has 1 heterocycles. The standard InChI is InChI=1S/C20H23ClN2O3S/c1-15-18(21)10-5-11-19(15)22-20(24)17-9-6-12-23(13-17)27(25,26)14-16-7-3-2-4-8-16/h2-5,7-8,10-11,17H,6,9,12-14H2,1H3,(H,22,24)/t17-/m0/s1. The third-order valence-corrected chi connectivity index (χ3v) is 7.09. The van der Waals surface area contributed by atoms with Crippen molar-refractivity contribution < 1.29 is 13.2 Å². The molecule has 27 heavy (non-hydrogen) atoms. The number of carbonyl (C=O) groups is 1. The molecule has 7 heteroatoms. The highest BCUT2D eigenvalue weighted by molar-refractivity contribution is 7.88. The molecule has 0 bridgehead atoms. The highest BCUT2D eigenvalue weighted by Gasteiger charge is 2.32. The first-order chi connectivity index (χ1) is 12.9. The van der Waals surface area contributed by atoms with E-state index in [1.165, 1.54) is 4.31 Å². The van der Waals surface area contributed by atoms with Gasteiger partial charge < -0.3 is 5.32 Å². The second-order valence-corrected chi connectivity index (χ2v) is 9.22. The molecule has 1 amide bonds. The van der Waals surface area contributed by atoms with E-state index in [0.29, 0.717) is 30.1 Å². The van der Waals surface area contributed by atoms with Crippen molar-refractivity contribution >= 4 is 33.2 Å². The molecule has 0 spiro atoms. The Morgan fingerprint density at radius 1 is 1.19 bits per heavy atom. The van der Waals surface area contributed by atoms with E-state index in [2.05, 4.69) is 5.32 Å². The lowest BCUT2D eigenvalue weighted by Gasteiger charge is -2.31. The number of nitrogens with zero attached hydrogens (tertiary/aromatic N) is 1. The molecule has 144 valence electrons. The van der Waals surface area contributed by atoms with E-state index in [9.17, 15) is 13.2 Å². The van der Waals surface area contributed by atoms with Crippen molar-refractivity contribution in [3.8, 4) is 0 Å². The van der Waals surface area contributed by atoms with Crippen LogP contribution in [-0.4, -0.2) is 31.7 Å². The molecular weight excluding hydrogens is 384 g/mol. The van der Waals surface area contributed by atoms with E-state index < -0.39 is 10.0 Å². The van der Waals surface area contributed by atoms with Gasteiger partial charge >= 0.3 is 0 Å². The van der Waals surface area contributed by atoms with Gasteiger partial charge in [-0.1, -0.05) is 48.0 Å². The van der Waals surface area contributed by atoms with Gasteiger partial charge in [0.1, 0.15) is 0 Å². The van der Waals surface area contributed by atoms with Crippen LogP contribution in [0.15, 0.2) is 48.5 Å². The molecular formula is C20H23ClN2O3S. The number of piperidine rings is 1. The smallest absolute Gasteiger partial charge is 0.228 e. The summed E-state index contributed by atoms with van der Waals surface area (Å²) in [7, 11) is -3.46. The predicted molar refractivity (Wildman–Crippen MR) is 108 cm³/mol. The Labute approximate surface area is 165 Å². The van der Waals surface area contributed by atoms with Crippen LogP contribution in [0, 0.1) is 12.8 Å². The van der Waals surface area contributed by atoms with E-state index in [-0.39, 0.29) is 24.1 Å². The van der Waals surface area contributed by atoms with E-state index in [1.807, 2.05) is 25.1 Å². The molecule has 1 saturated heterocycles. The van der Waals surface area contributed by atoms with Crippen molar-refractivity contribution in [3.05, 3.63) is 64.7 Å². The summed E-state index contributed by atoms with van der Waals surface area (Å²) in [6, 6.07) is 14.4. The third kappa shape index (κ3) is 4.89. The number of rotatable bonds is 5. The number of benzene rings is 2. The Balaban J connectivity index is 1.68. The lowest BCUT2D eigenvalue weighted by atomic mass is 9.98. The summed E-state index contributed by atoms with van der Waals surface area (Å²) < 4.78 is 27.0. The molecule has 1 fully saturated rings. The average molecular weight is 407 g/mol. The molecule has 2 aromatic rings. The third-order valence-electron chi connectivity index (χ3n) is 4.87. The molecule has 1 N–H and O–H groups in total. The number of hydrogen-bond donors (Lipinski definition) is 1. The van der Waals surface area contributed by atoms with Crippen LogP contribution in [0.25, 0.3) is 0 Å². The maximum atomic E-state index is 12.8. The van der Waals surface area contributed by atoms with E-state index in [0.717, 1.165) is 11.1 Å². The first kappa shape index (κ1) is 19.9. The number of sulfonamides is 1. The van der Waals surface area contributed by atoms with Gasteiger partial charge in [-0.25, -0.2) is 12.7 Å². The number of hydrogen-bond acceptors (Lipinski definition) is 3. The van der Waals surface area contributed by atoms with Gasteiger partial charge in [0.05, 0.1) is 11.7 Å². The summed E-state index contributed by atoms with van der Waals surface area (Å²) in [4.78, 5) is 12.7. The van der Waals surface area contributed by atoms with Gasteiger partial charge in [-0.05, 0) is 43.0 Å². The maximum absolute atomic E-state index is 12.8. The van der Waals surface area contributed by atoms with Gasteiger partial charge in [-0.15, -0.1) is 0 Å². The van der Waals surface area contributed by atoms with Crippen LogP contribution >= 0.6 is 11.6 Å². The minimum Gasteiger partial charge on any atom is -0.326 e. The first-order valence-electron chi connectivity index (χ1n) is 8.94. The molecule has 1 aliphatic heterocycles. The van der Waals surface area contributed by atoms with Gasteiger partial charge in [0, 0.05) is 23.8 Å². The molecule has 0 aliphatic carbocycles. The van der Waals surface area contributed by atoms with Crippen molar-refractivity contribution in [2.75, 3.05) is 18.4 Å². The monoisotopic (exact) mass is 406 g/mol. The van der Waals surface area contributed by atoms with Crippen LogP contribution in [0.1, 0.15) is 24.0 Å². The molecule has 0 saturated carbocycles. The van der Waals surface area contributed by atoms with Crippen LogP contribution in [0.3, 0.4) is 0 Å². The topological polar surface area (TPSA) is 66.5 Å². The first-order valence-corrected chi connectivity index (χ1v) is 10.9. The summed E-state index contributed by atoms with van der Waals surface area (Å²) in [5.41, 5.74) is 2.22. The molecule has 5 nitrogen and oxygen atoms in total. The lowest BCUT2D eigenvalue weighted by Crippen LogP contribution is -2.44. The number of amides is 1. The lowest BCUT2D eigenvalue weighted by molar-refractivity contribution is -0.120. The van der Waals surface area contributed by atoms with Crippen LogP contribution < -0.4 is 5.32 Å². The van der Waals surface area contributed by atoms with Gasteiger partial charge in [0.25, 0.3) is 0 Å². The zero-order valence-corrected chi connectivity index (χ0v) is 16.8. The minimum absolute atomic E-state index is 0.0461. The quantitative estimate of drug-likeness (QED) is 0.820. The van der Waals surface area contributed by atoms with Crippen LogP contribution in [0.2, 0.25) is 5.02 Å². The number of anilines is 1. The van der Waals surface area contributed by atoms with Gasteiger partial charge in [0.15, 0.2) is 0 Å². The molecule has 0 radical (unpaired) electrons.